The number of rotatable bonds is 8. The zero-order valence-corrected chi connectivity index (χ0v) is 20.8. The molecule has 2 aliphatic rings. The lowest BCUT2D eigenvalue weighted by molar-refractivity contribution is -0.118. The lowest BCUT2D eigenvalue weighted by Gasteiger charge is -2.39. The second kappa shape index (κ2) is 10.3. The Morgan fingerprint density at radius 1 is 1.06 bits per heavy atom. The van der Waals surface area contributed by atoms with Gasteiger partial charge >= 0.3 is 0 Å². The first kappa shape index (κ1) is 25.2. The number of carbonyl (C=O) groups excluding carboxylic acids is 2. The maximum Gasteiger partial charge on any atom is 0.291 e. The summed E-state index contributed by atoms with van der Waals surface area (Å²) in [6.07, 6.45) is 4.59. The van der Waals surface area contributed by atoms with Gasteiger partial charge in [0.1, 0.15) is 5.76 Å². The molecule has 1 aromatic carbocycles. The van der Waals surface area contributed by atoms with E-state index in [1.807, 2.05) is 13.0 Å². The van der Waals surface area contributed by atoms with Crippen molar-refractivity contribution in [3.8, 4) is 0 Å². The Morgan fingerprint density at radius 3 is 2.34 bits per heavy atom. The van der Waals surface area contributed by atoms with Crippen molar-refractivity contribution in [2.45, 2.75) is 49.6 Å². The van der Waals surface area contributed by atoms with Gasteiger partial charge in [0.15, 0.2) is 5.76 Å². The van der Waals surface area contributed by atoms with Gasteiger partial charge in [-0.3, -0.25) is 14.5 Å². The molecule has 0 spiro atoms. The van der Waals surface area contributed by atoms with Gasteiger partial charge in [-0.05, 0) is 88.2 Å². The molecule has 2 aliphatic heterocycles. The monoisotopic (exact) mass is 500 g/mol. The first-order valence-electron chi connectivity index (χ1n) is 11.9. The van der Waals surface area contributed by atoms with Gasteiger partial charge in [-0.15, -0.1) is 0 Å². The minimum absolute atomic E-state index is 0.153. The Kier molecular flexibility index (Phi) is 7.44. The van der Waals surface area contributed by atoms with E-state index >= 15 is 0 Å². The van der Waals surface area contributed by atoms with E-state index < -0.39 is 15.6 Å². The molecule has 2 amide bonds. The van der Waals surface area contributed by atoms with Gasteiger partial charge < -0.3 is 15.1 Å². The third-order valence-corrected chi connectivity index (χ3v) is 8.56. The van der Waals surface area contributed by atoms with Crippen LogP contribution in [0.5, 0.6) is 0 Å². The maximum absolute atomic E-state index is 13.1. The van der Waals surface area contributed by atoms with Gasteiger partial charge in [-0.1, -0.05) is 6.58 Å². The highest BCUT2D eigenvalue weighted by Gasteiger charge is 2.36. The van der Waals surface area contributed by atoms with E-state index in [9.17, 15) is 18.0 Å². The number of likely N-dealkylation sites (tertiary alicyclic amines) is 1. The van der Waals surface area contributed by atoms with E-state index in [1.165, 1.54) is 35.4 Å². The molecule has 0 unspecified atom stereocenters. The molecule has 35 heavy (non-hydrogen) atoms. The van der Waals surface area contributed by atoms with E-state index in [0.717, 1.165) is 18.8 Å². The van der Waals surface area contributed by atoms with Gasteiger partial charge in [0.05, 0.1) is 11.4 Å². The molecule has 2 fully saturated rings. The number of nitrogens with one attached hydrogen (secondary N) is 2. The van der Waals surface area contributed by atoms with Crippen molar-refractivity contribution in [2.24, 2.45) is 0 Å². The molecular formula is C25H32N4O5S. The highest BCUT2D eigenvalue weighted by atomic mass is 32.2. The number of amides is 2. The number of hydrogen-bond acceptors (Lipinski definition) is 6. The van der Waals surface area contributed by atoms with Crippen LogP contribution in [0, 0.1) is 0 Å². The molecule has 0 bridgehead atoms. The second-order valence-corrected chi connectivity index (χ2v) is 11.3. The molecular weight excluding hydrogens is 468 g/mol. The van der Waals surface area contributed by atoms with Crippen LogP contribution in [0.3, 0.4) is 0 Å². The lowest BCUT2D eigenvalue weighted by Crippen LogP contribution is -2.53. The van der Waals surface area contributed by atoms with E-state index in [1.54, 1.807) is 18.2 Å². The summed E-state index contributed by atoms with van der Waals surface area (Å²) < 4.78 is 33.3. The normalized spacial score (nSPS) is 18.8. The van der Waals surface area contributed by atoms with Gasteiger partial charge in [0, 0.05) is 24.3 Å². The molecule has 4 rings (SSSR count). The van der Waals surface area contributed by atoms with Crippen LogP contribution in [0.15, 0.2) is 58.4 Å². The van der Waals surface area contributed by atoms with Crippen LogP contribution in [0.1, 0.15) is 48.9 Å². The summed E-state index contributed by atoms with van der Waals surface area (Å²) in [5.74, 6) is 0.319. The van der Waals surface area contributed by atoms with Crippen LogP contribution in [-0.4, -0.2) is 61.2 Å². The molecule has 3 heterocycles. The molecule has 0 aliphatic carbocycles. The molecule has 0 radical (unpaired) electrons. The van der Waals surface area contributed by atoms with Crippen LogP contribution in [0.4, 0.5) is 5.69 Å². The van der Waals surface area contributed by atoms with Crippen LogP contribution < -0.4 is 10.6 Å². The van der Waals surface area contributed by atoms with E-state index in [0.29, 0.717) is 38.2 Å². The Labute approximate surface area is 206 Å². The van der Waals surface area contributed by atoms with Crippen molar-refractivity contribution >= 4 is 27.5 Å². The summed E-state index contributed by atoms with van der Waals surface area (Å²) >= 11 is 0. The van der Waals surface area contributed by atoms with Crippen molar-refractivity contribution in [3.05, 3.63) is 60.6 Å². The average Bonchev–Trinajstić information content (AvgIpc) is 3.52. The van der Waals surface area contributed by atoms with Gasteiger partial charge in [-0.25, -0.2) is 8.42 Å². The number of furan rings is 1. The van der Waals surface area contributed by atoms with Crippen molar-refractivity contribution in [1.82, 2.24) is 14.5 Å². The predicted molar refractivity (Wildman–Crippen MR) is 132 cm³/mol. The topological polar surface area (TPSA) is 112 Å². The second-order valence-electron chi connectivity index (χ2n) is 9.39. The maximum atomic E-state index is 13.1. The molecule has 9 nitrogen and oxygen atoms in total. The van der Waals surface area contributed by atoms with Gasteiger partial charge in [0.25, 0.3) is 5.91 Å². The molecule has 2 N–H and O–H groups in total. The molecule has 1 aromatic heterocycles. The minimum atomic E-state index is -3.69. The zero-order valence-electron chi connectivity index (χ0n) is 20.0. The SMILES string of the molecule is C=CC(=O)NC1(C)CCN(S(=O)(=O)c2ccc(NC(=O)c3ccc(CN4CCCC4)o3)cc2)CC1. The van der Waals surface area contributed by atoms with E-state index in [-0.39, 0.29) is 22.5 Å². The first-order valence-corrected chi connectivity index (χ1v) is 13.3. The first-order chi connectivity index (χ1) is 16.7. The smallest absolute Gasteiger partial charge is 0.291 e. The number of anilines is 1. The number of sulfonamides is 1. The summed E-state index contributed by atoms with van der Waals surface area (Å²) in [5.41, 5.74) is 0.0100. The standard InChI is InChI=1S/C25H32N4O5S/c1-3-23(30)27-25(2)12-16-29(17-13-25)35(32,33)21-9-6-19(7-10-21)26-24(31)22-11-8-20(34-22)18-28-14-4-5-15-28/h3,6-11H,1,4-5,12-18H2,2H3,(H,26,31)(H,27,30). The molecule has 0 saturated carbocycles. The number of benzene rings is 1. The molecule has 188 valence electrons. The fourth-order valence-electron chi connectivity index (χ4n) is 4.49. The minimum Gasteiger partial charge on any atom is -0.455 e. The van der Waals surface area contributed by atoms with Crippen molar-refractivity contribution < 1.29 is 22.4 Å². The fraction of sp³-hybridized carbons (Fsp3) is 0.440. The number of hydrogen-bond donors (Lipinski definition) is 2. The number of nitrogens with zero attached hydrogens (tertiary/aromatic N) is 2. The third-order valence-electron chi connectivity index (χ3n) is 6.65. The van der Waals surface area contributed by atoms with Crippen LogP contribution in [0.25, 0.3) is 0 Å². The summed E-state index contributed by atoms with van der Waals surface area (Å²) in [6, 6.07) is 9.57. The van der Waals surface area contributed by atoms with Gasteiger partial charge in [0.2, 0.25) is 15.9 Å². The van der Waals surface area contributed by atoms with E-state index in [2.05, 4.69) is 22.1 Å². The largest absolute Gasteiger partial charge is 0.455 e. The molecule has 2 aromatic rings. The van der Waals surface area contributed by atoms with Crippen LogP contribution >= 0.6 is 0 Å². The Hall–Kier alpha value is -2.95. The average molecular weight is 501 g/mol. The Bertz CT molecular complexity index is 1170. The Balaban J connectivity index is 1.34. The Morgan fingerprint density at radius 2 is 1.71 bits per heavy atom. The highest BCUT2D eigenvalue weighted by Crippen LogP contribution is 2.27. The predicted octanol–water partition coefficient (Wildman–Crippen LogP) is 2.97. The summed E-state index contributed by atoms with van der Waals surface area (Å²) in [7, 11) is -3.69. The van der Waals surface area contributed by atoms with Crippen molar-refractivity contribution in [2.75, 3.05) is 31.5 Å². The number of piperidine rings is 1. The van der Waals surface area contributed by atoms with E-state index in [4.69, 9.17) is 4.42 Å². The summed E-state index contributed by atoms with van der Waals surface area (Å²) in [6.45, 7) is 8.74. The van der Waals surface area contributed by atoms with Crippen LogP contribution in [-0.2, 0) is 21.4 Å². The van der Waals surface area contributed by atoms with Gasteiger partial charge in [-0.2, -0.15) is 4.31 Å². The molecule has 2 saturated heterocycles. The third kappa shape index (κ3) is 6.01. The number of carbonyl (C=O) groups is 2. The summed E-state index contributed by atoms with van der Waals surface area (Å²) in [4.78, 5) is 26.7. The van der Waals surface area contributed by atoms with Crippen LogP contribution in [0.2, 0.25) is 0 Å². The summed E-state index contributed by atoms with van der Waals surface area (Å²) in [5, 5.41) is 5.64. The zero-order chi connectivity index (χ0) is 25.1. The quantitative estimate of drug-likeness (QED) is 0.539. The molecule has 0 atom stereocenters. The van der Waals surface area contributed by atoms with Crippen molar-refractivity contribution in [1.29, 1.82) is 0 Å². The molecule has 10 heteroatoms. The van der Waals surface area contributed by atoms with Crippen molar-refractivity contribution in [3.63, 3.8) is 0 Å². The highest BCUT2D eigenvalue weighted by molar-refractivity contribution is 7.89. The fourth-order valence-corrected chi connectivity index (χ4v) is 5.93. The lowest BCUT2D eigenvalue weighted by atomic mass is 9.90.